The number of carbonyl (C=O) groups is 1. The second-order valence-electron chi connectivity index (χ2n) is 7.68. The van der Waals surface area contributed by atoms with Gasteiger partial charge in [0.2, 0.25) is 0 Å². The topological polar surface area (TPSA) is 77.4 Å². The Labute approximate surface area is 213 Å². The number of anilines is 2. The van der Waals surface area contributed by atoms with E-state index in [4.69, 9.17) is 21.7 Å². The quantitative estimate of drug-likeness (QED) is 0.225. The molecule has 0 unspecified atom stereocenters. The normalized spacial score (nSPS) is 10.6. The molecule has 2 N–H and O–H groups in total. The Hall–Kier alpha value is -3.69. The van der Waals surface area contributed by atoms with Crippen molar-refractivity contribution in [2.45, 2.75) is 20.4 Å². The summed E-state index contributed by atoms with van der Waals surface area (Å²) < 4.78 is 12.5. The van der Waals surface area contributed by atoms with Crippen LogP contribution >= 0.6 is 23.6 Å². The summed E-state index contributed by atoms with van der Waals surface area (Å²) in [4.78, 5) is 13.9. The first kappa shape index (κ1) is 24.4. The predicted octanol–water partition coefficient (Wildman–Crippen LogP) is 5.96. The molecule has 0 amide bonds. The third kappa shape index (κ3) is 5.87. The molecule has 0 bridgehead atoms. The molecule has 0 fully saturated rings. The van der Waals surface area contributed by atoms with Crippen LogP contribution in [0.4, 0.5) is 10.7 Å². The highest BCUT2D eigenvalue weighted by molar-refractivity contribution is 7.80. The largest absolute Gasteiger partial charge is 0.497 e. The average molecular weight is 507 g/mol. The van der Waals surface area contributed by atoms with Gasteiger partial charge in [-0.25, -0.2) is 4.79 Å². The Morgan fingerprint density at radius 1 is 1.14 bits per heavy atom. The first-order valence-electron chi connectivity index (χ1n) is 11.1. The van der Waals surface area contributed by atoms with Crippen LogP contribution < -0.4 is 15.4 Å². The minimum Gasteiger partial charge on any atom is -0.497 e. The Bertz CT molecular complexity index is 1330. The SMILES string of the molecule is CCOC(=O)c1c(NC(=S)Nc2cnn(Cc3cccc(OC)c3)c2)sc(C)c1-c1ccccc1. The molecule has 4 rings (SSSR count). The molecular weight excluding hydrogens is 480 g/mol. The van der Waals surface area contributed by atoms with Crippen molar-refractivity contribution in [1.29, 1.82) is 0 Å². The summed E-state index contributed by atoms with van der Waals surface area (Å²) in [6.45, 7) is 4.66. The molecule has 4 aromatic rings. The number of hydrogen-bond donors (Lipinski definition) is 2. The maximum Gasteiger partial charge on any atom is 0.341 e. The van der Waals surface area contributed by atoms with Gasteiger partial charge in [-0.2, -0.15) is 5.10 Å². The summed E-state index contributed by atoms with van der Waals surface area (Å²) in [5, 5.41) is 11.7. The molecule has 2 aromatic carbocycles. The Balaban J connectivity index is 1.51. The molecule has 0 aliphatic rings. The number of nitrogens with zero attached hydrogens (tertiary/aromatic N) is 2. The van der Waals surface area contributed by atoms with Crippen molar-refractivity contribution in [1.82, 2.24) is 9.78 Å². The lowest BCUT2D eigenvalue weighted by Crippen LogP contribution is -2.20. The van der Waals surface area contributed by atoms with Gasteiger partial charge < -0.3 is 20.1 Å². The zero-order valence-corrected chi connectivity index (χ0v) is 21.3. The van der Waals surface area contributed by atoms with Gasteiger partial charge in [-0.3, -0.25) is 4.68 Å². The third-order valence-corrected chi connectivity index (χ3v) is 6.45. The number of hydrogen-bond acceptors (Lipinski definition) is 6. The average Bonchev–Trinajstić information content (AvgIpc) is 3.42. The fraction of sp³-hybridized carbons (Fsp3) is 0.192. The fourth-order valence-electron chi connectivity index (χ4n) is 3.72. The van der Waals surface area contributed by atoms with Crippen molar-refractivity contribution in [3.05, 3.63) is 83.0 Å². The van der Waals surface area contributed by atoms with E-state index in [1.165, 1.54) is 11.3 Å². The summed E-state index contributed by atoms with van der Waals surface area (Å²) in [6, 6.07) is 17.7. The highest BCUT2D eigenvalue weighted by atomic mass is 32.1. The summed E-state index contributed by atoms with van der Waals surface area (Å²) in [7, 11) is 1.65. The van der Waals surface area contributed by atoms with Crippen LogP contribution in [0.25, 0.3) is 11.1 Å². The number of benzene rings is 2. The van der Waals surface area contributed by atoms with Gasteiger partial charge in [-0.15, -0.1) is 11.3 Å². The molecule has 0 radical (unpaired) electrons. The Morgan fingerprint density at radius 2 is 1.94 bits per heavy atom. The van der Waals surface area contributed by atoms with Gasteiger partial charge >= 0.3 is 5.97 Å². The smallest absolute Gasteiger partial charge is 0.341 e. The molecule has 9 heteroatoms. The summed E-state index contributed by atoms with van der Waals surface area (Å²) in [5.41, 5.74) is 4.10. The van der Waals surface area contributed by atoms with Crippen LogP contribution in [-0.2, 0) is 11.3 Å². The molecule has 0 aliphatic carbocycles. The molecule has 0 saturated heterocycles. The molecule has 0 atom stereocenters. The highest BCUT2D eigenvalue weighted by Crippen LogP contribution is 2.40. The molecule has 35 heavy (non-hydrogen) atoms. The molecule has 180 valence electrons. The van der Waals surface area contributed by atoms with Gasteiger partial charge in [0.15, 0.2) is 5.11 Å². The lowest BCUT2D eigenvalue weighted by molar-refractivity contribution is 0.0529. The number of thiocarbonyl (C=S) groups is 1. The van der Waals surface area contributed by atoms with Gasteiger partial charge in [0, 0.05) is 16.6 Å². The third-order valence-electron chi connectivity index (χ3n) is 5.22. The predicted molar refractivity (Wildman–Crippen MR) is 145 cm³/mol. The summed E-state index contributed by atoms with van der Waals surface area (Å²) in [6.07, 6.45) is 3.57. The van der Waals surface area contributed by atoms with Crippen LogP contribution in [0.2, 0.25) is 0 Å². The van der Waals surface area contributed by atoms with Crippen LogP contribution in [0.1, 0.15) is 27.7 Å². The van der Waals surface area contributed by atoms with Crippen molar-refractivity contribution in [2.24, 2.45) is 0 Å². The van der Waals surface area contributed by atoms with Gasteiger partial charge in [0.05, 0.1) is 32.1 Å². The van der Waals surface area contributed by atoms with Crippen molar-refractivity contribution >= 4 is 45.3 Å². The zero-order chi connectivity index (χ0) is 24.8. The number of carbonyl (C=O) groups excluding carboxylic acids is 1. The summed E-state index contributed by atoms with van der Waals surface area (Å²) in [5.74, 6) is 0.420. The van der Waals surface area contributed by atoms with Gasteiger partial charge in [-0.1, -0.05) is 42.5 Å². The van der Waals surface area contributed by atoms with E-state index in [0.29, 0.717) is 22.2 Å². The lowest BCUT2D eigenvalue weighted by Gasteiger charge is -2.11. The molecule has 7 nitrogen and oxygen atoms in total. The Kier molecular flexibility index (Phi) is 7.79. The van der Waals surface area contributed by atoms with Crippen LogP contribution in [-0.4, -0.2) is 34.6 Å². The molecule has 0 spiro atoms. The van der Waals surface area contributed by atoms with Crippen LogP contribution in [0.5, 0.6) is 5.75 Å². The van der Waals surface area contributed by atoms with E-state index in [-0.39, 0.29) is 12.6 Å². The van der Waals surface area contributed by atoms with Crippen molar-refractivity contribution in [3.63, 3.8) is 0 Å². The Morgan fingerprint density at radius 3 is 2.69 bits per heavy atom. The van der Waals surface area contributed by atoms with Crippen LogP contribution in [0.15, 0.2) is 67.0 Å². The van der Waals surface area contributed by atoms with Crippen LogP contribution in [0, 0.1) is 6.92 Å². The van der Waals surface area contributed by atoms with E-state index >= 15 is 0 Å². The molecular formula is C26H26N4O3S2. The summed E-state index contributed by atoms with van der Waals surface area (Å²) >= 11 is 7.02. The monoisotopic (exact) mass is 506 g/mol. The number of nitrogens with one attached hydrogen (secondary N) is 2. The molecule has 2 aromatic heterocycles. The number of aromatic nitrogens is 2. The number of thiophene rings is 1. The standard InChI is InChI=1S/C26H26N4O3S2/c1-4-33-25(31)23-22(19-10-6-5-7-11-19)17(2)35-24(23)29-26(34)28-20-14-27-30(16-20)15-18-9-8-12-21(13-18)32-3/h5-14,16H,4,15H2,1-3H3,(H2,28,29,34). The minimum atomic E-state index is -0.382. The van der Waals surface area contributed by atoms with Gasteiger partial charge in [0.25, 0.3) is 0 Å². The van der Waals surface area contributed by atoms with E-state index in [9.17, 15) is 4.79 Å². The molecule has 0 saturated carbocycles. The second-order valence-corrected chi connectivity index (χ2v) is 9.31. The molecule has 2 heterocycles. The number of esters is 1. The first-order valence-corrected chi connectivity index (χ1v) is 12.3. The second kappa shape index (κ2) is 11.2. The first-order chi connectivity index (χ1) is 17.0. The van der Waals surface area contributed by atoms with Gasteiger partial charge in [-0.05, 0) is 49.3 Å². The van der Waals surface area contributed by atoms with Crippen molar-refractivity contribution < 1.29 is 14.3 Å². The number of methoxy groups -OCH3 is 1. The van der Waals surface area contributed by atoms with E-state index in [1.54, 1.807) is 20.2 Å². The van der Waals surface area contributed by atoms with Crippen LogP contribution in [0.3, 0.4) is 0 Å². The maximum absolute atomic E-state index is 12.9. The van der Waals surface area contributed by atoms with Crippen molar-refractivity contribution in [2.75, 3.05) is 24.4 Å². The maximum atomic E-state index is 12.9. The highest BCUT2D eigenvalue weighted by Gasteiger charge is 2.25. The zero-order valence-electron chi connectivity index (χ0n) is 19.7. The molecule has 0 aliphatic heterocycles. The number of rotatable bonds is 8. The van der Waals surface area contributed by atoms with Gasteiger partial charge in [0.1, 0.15) is 16.3 Å². The fourth-order valence-corrected chi connectivity index (χ4v) is 5.07. The number of aryl methyl sites for hydroxylation is 1. The van der Waals surface area contributed by atoms with E-state index in [2.05, 4.69) is 15.7 Å². The minimum absolute atomic E-state index is 0.288. The van der Waals surface area contributed by atoms with Crippen molar-refractivity contribution in [3.8, 4) is 16.9 Å². The van der Waals surface area contributed by atoms with E-state index in [0.717, 1.165) is 33.0 Å². The van der Waals surface area contributed by atoms with E-state index in [1.807, 2.05) is 72.4 Å². The van der Waals surface area contributed by atoms with E-state index < -0.39 is 0 Å². The number of ether oxygens (including phenoxy) is 2. The lowest BCUT2D eigenvalue weighted by atomic mass is 10.0.